The predicted octanol–water partition coefficient (Wildman–Crippen LogP) is 2.64. The molecule has 1 aromatic heterocycles. The number of aliphatic carboxylic acids is 1. The second-order valence-electron chi connectivity index (χ2n) is 9.18. The van der Waals surface area contributed by atoms with Gasteiger partial charge in [0.05, 0.1) is 12.2 Å². The molecule has 0 saturated carbocycles. The Morgan fingerprint density at radius 2 is 1.73 bits per heavy atom. The zero-order valence-electron chi connectivity index (χ0n) is 19.8. The van der Waals surface area contributed by atoms with E-state index < -0.39 is 5.97 Å². The first-order valence-electron chi connectivity index (χ1n) is 11.1. The van der Waals surface area contributed by atoms with E-state index in [-0.39, 0.29) is 63.2 Å². The number of ether oxygens (including phenoxy) is 1. The molecule has 4 aromatic rings. The molecular formula is C27H28KNO4. The van der Waals surface area contributed by atoms with Crippen molar-refractivity contribution >= 4 is 27.8 Å². The van der Waals surface area contributed by atoms with Crippen LogP contribution in [-0.2, 0) is 10.2 Å². The Kier molecular flexibility index (Phi) is 8.75. The summed E-state index contributed by atoms with van der Waals surface area (Å²) in [7, 11) is 0. The Balaban J connectivity index is 0.00000306. The van der Waals surface area contributed by atoms with Crippen LogP contribution >= 0.6 is 0 Å². The third-order valence-electron chi connectivity index (χ3n) is 5.61. The fourth-order valence-corrected chi connectivity index (χ4v) is 3.75. The average molecular weight is 470 g/mol. The summed E-state index contributed by atoms with van der Waals surface area (Å²) in [5.41, 5.74) is 3.62. The third-order valence-corrected chi connectivity index (χ3v) is 5.61. The van der Waals surface area contributed by atoms with Crippen LogP contribution < -0.4 is 61.2 Å². The molecule has 0 radical (unpaired) electrons. The Labute approximate surface area is 237 Å². The fraction of sp³-hybridized carbons (Fsp3) is 0.333. The first kappa shape index (κ1) is 25.9. The minimum atomic E-state index is -1.01. The van der Waals surface area contributed by atoms with Gasteiger partial charge in [-0.25, -0.2) is 4.98 Å². The van der Waals surface area contributed by atoms with Crippen LogP contribution in [0.3, 0.4) is 0 Å². The molecule has 0 atom stereocenters. The average Bonchev–Trinajstić information content (AvgIpc) is 3.18. The molecule has 5 nitrogen and oxygen atoms in total. The van der Waals surface area contributed by atoms with E-state index in [4.69, 9.17) is 14.1 Å². The first-order valence-corrected chi connectivity index (χ1v) is 11.1. The van der Waals surface area contributed by atoms with E-state index in [9.17, 15) is 9.90 Å². The number of rotatable bonds is 8. The van der Waals surface area contributed by atoms with Gasteiger partial charge in [-0.1, -0.05) is 51.1 Å². The second-order valence-corrected chi connectivity index (χ2v) is 9.18. The van der Waals surface area contributed by atoms with Gasteiger partial charge in [0.25, 0.3) is 0 Å². The largest absolute Gasteiger partial charge is 1.00 e. The minimum absolute atomic E-state index is 0. The smallest absolute Gasteiger partial charge is 0.550 e. The number of carboxylic acids is 1. The molecule has 166 valence electrons. The van der Waals surface area contributed by atoms with E-state index in [1.54, 1.807) is 0 Å². The van der Waals surface area contributed by atoms with Crippen molar-refractivity contribution < 1.29 is 70.4 Å². The van der Waals surface area contributed by atoms with Crippen molar-refractivity contribution in [2.24, 2.45) is 0 Å². The van der Waals surface area contributed by atoms with Crippen LogP contribution in [0.25, 0.3) is 33.3 Å². The number of hydrogen-bond acceptors (Lipinski definition) is 5. The number of benzene rings is 3. The van der Waals surface area contributed by atoms with Crippen LogP contribution in [0.5, 0.6) is 5.75 Å². The summed E-state index contributed by atoms with van der Waals surface area (Å²) < 4.78 is 12.2. The molecule has 0 aliphatic heterocycles. The summed E-state index contributed by atoms with van der Waals surface area (Å²) >= 11 is 0. The number of oxazole rings is 1. The molecule has 0 amide bonds. The van der Waals surface area contributed by atoms with Gasteiger partial charge < -0.3 is 19.1 Å². The normalized spacial score (nSPS) is 11.5. The number of carbonyl (C=O) groups is 1. The number of nitrogens with zero attached hydrogens (tertiary/aromatic N) is 1. The van der Waals surface area contributed by atoms with Crippen molar-refractivity contribution in [3.63, 3.8) is 0 Å². The predicted molar refractivity (Wildman–Crippen MR) is 125 cm³/mol. The van der Waals surface area contributed by atoms with Crippen LogP contribution in [-0.4, -0.2) is 17.6 Å². The molecule has 0 fully saturated rings. The van der Waals surface area contributed by atoms with Crippen LogP contribution in [0.15, 0.2) is 59.0 Å². The summed E-state index contributed by atoms with van der Waals surface area (Å²) in [5, 5.41) is 12.7. The standard InChI is InChI=1S/C27H29NO4.K/c1-27(2,3)20-12-13-23-22(17-20)28-26(32-23)21-15-18-9-6-7-10-19(18)16-24(21)31-14-8-4-5-11-25(29)30;/h6-7,9-10,12-13,15-17H,4-5,8,11,14H2,1-3H3,(H,29,30);/q;+1/p-1. The maximum Gasteiger partial charge on any atom is 1.00 e. The van der Waals surface area contributed by atoms with Gasteiger partial charge in [-0.2, -0.15) is 0 Å². The molecular weight excluding hydrogens is 441 g/mol. The maximum absolute atomic E-state index is 10.6. The van der Waals surface area contributed by atoms with E-state index in [1.807, 2.05) is 30.3 Å². The number of carbonyl (C=O) groups excluding carboxylic acids is 1. The van der Waals surface area contributed by atoms with Gasteiger partial charge in [0.1, 0.15) is 11.3 Å². The van der Waals surface area contributed by atoms with Crippen molar-refractivity contribution in [3.8, 4) is 17.2 Å². The van der Waals surface area contributed by atoms with Crippen LogP contribution in [0.1, 0.15) is 52.0 Å². The molecule has 33 heavy (non-hydrogen) atoms. The van der Waals surface area contributed by atoms with E-state index in [0.717, 1.165) is 40.3 Å². The minimum Gasteiger partial charge on any atom is -0.550 e. The van der Waals surface area contributed by atoms with Crippen molar-refractivity contribution in [1.29, 1.82) is 0 Å². The van der Waals surface area contributed by atoms with Gasteiger partial charge in [0.15, 0.2) is 5.58 Å². The summed E-state index contributed by atoms with van der Waals surface area (Å²) in [6.07, 6.45) is 2.22. The fourth-order valence-electron chi connectivity index (χ4n) is 3.75. The molecule has 0 aliphatic carbocycles. The van der Waals surface area contributed by atoms with Gasteiger partial charge in [-0.15, -0.1) is 0 Å². The maximum atomic E-state index is 10.6. The van der Waals surface area contributed by atoms with Crippen molar-refractivity contribution in [2.75, 3.05) is 6.61 Å². The summed E-state index contributed by atoms with van der Waals surface area (Å²) in [5.74, 6) is 0.239. The van der Waals surface area contributed by atoms with Gasteiger partial charge in [-0.3, -0.25) is 0 Å². The van der Waals surface area contributed by atoms with Gasteiger partial charge in [0, 0.05) is 5.97 Å². The summed E-state index contributed by atoms with van der Waals surface area (Å²) in [4.78, 5) is 15.4. The first-order chi connectivity index (χ1) is 15.3. The van der Waals surface area contributed by atoms with Crippen molar-refractivity contribution in [3.05, 3.63) is 60.2 Å². The van der Waals surface area contributed by atoms with Gasteiger partial charge in [-0.05, 0) is 71.7 Å². The van der Waals surface area contributed by atoms with Crippen LogP contribution in [0, 0.1) is 0 Å². The Morgan fingerprint density at radius 1 is 1.00 bits per heavy atom. The Bertz CT molecular complexity index is 1260. The number of unbranched alkanes of at least 4 members (excludes halogenated alkanes) is 2. The van der Waals surface area contributed by atoms with Gasteiger partial charge >= 0.3 is 51.4 Å². The summed E-state index contributed by atoms with van der Waals surface area (Å²) in [6, 6.07) is 18.3. The van der Waals surface area contributed by atoms with Crippen molar-refractivity contribution in [2.45, 2.75) is 51.9 Å². The molecule has 1 heterocycles. The van der Waals surface area contributed by atoms with E-state index in [2.05, 4.69) is 45.0 Å². The number of fused-ring (bicyclic) bond motifs is 2. The second kappa shape index (κ2) is 11.1. The molecule has 0 saturated heterocycles. The topological polar surface area (TPSA) is 75.4 Å². The Morgan fingerprint density at radius 3 is 2.42 bits per heavy atom. The third kappa shape index (κ3) is 6.46. The molecule has 3 aromatic carbocycles. The van der Waals surface area contributed by atoms with E-state index in [1.165, 1.54) is 5.56 Å². The Hall–Kier alpha value is -1.70. The quantitative estimate of drug-likeness (QED) is 0.293. The van der Waals surface area contributed by atoms with E-state index in [0.29, 0.717) is 24.7 Å². The molecule has 0 unspecified atom stereocenters. The molecule has 0 bridgehead atoms. The summed E-state index contributed by atoms with van der Waals surface area (Å²) in [6.45, 7) is 7.03. The monoisotopic (exact) mass is 469 g/mol. The molecule has 4 rings (SSSR count). The van der Waals surface area contributed by atoms with Crippen LogP contribution in [0.4, 0.5) is 0 Å². The SMILES string of the molecule is CC(C)(C)c1ccc2oc(-c3cc4ccccc4cc3OCCCCCC(=O)[O-])nc2c1.[K+]. The number of hydrogen-bond donors (Lipinski definition) is 0. The van der Waals surface area contributed by atoms with E-state index >= 15 is 0 Å². The zero-order valence-corrected chi connectivity index (χ0v) is 22.9. The molecule has 6 heteroatoms. The molecule has 0 aliphatic rings. The molecule has 0 spiro atoms. The number of carboxylic acid groups (broad SMARTS) is 1. The van der Waals surface area contributed by atoms with Gasteiger partial charge in [0.2, 0.25) is 5.89 Å². The molecule has 0 N–H and O–H groups in total. The number of aromatic nitrogens is 1. The zero-order chi connectivity index (χ0) is 22.7. The van der Waals surface area contributed by atoms with Crippen molar-refractivity contribution in [1.82, 2.24) is 4.98 Å². The van der Waals surface area contributed by atoms with Crippen LogP contribution in [0.2, 0.25) is 0 Å².